The number of aryl methyl sites for hydroxylation is 1. The molecule has 0 radical (unpaired) electrons. The first-order valence-electron chi connectivity index (χ1n) is 7.06. The van der Waals surface area contributed by atoms with E-state index in [0.717, 1.165) is 24.1 Å². The standard InChI is InChI=1S/C16H23BrO/c1-2-14-6-8-15(9-7-14)18-13-16(12-17)10-4-3-5-11-16/h6-9H,2-5,10-13H2,1H3. The second kappa shape index (κ2) is 6.60. The molecule has 2 heteroatoms. The quantitative estimate of drug-likeness (QED) is 0.697. The molecule has 1 aromatic rings. The zero-order valence-electron chi connectivity index (χ0n) is 11.3. The molecule has 0 amide bonds. The minimum atomic E-state index is 0.363. The molecule has 100 valence electrons. The summed E-state index contributed by atoms with van der Waals surface area (Å²) < 4.78 is 6.01. The molecule has 0 aliphatic heterocycles. The fourth-order valence-electron chi connectivity index (χ4n) is 2.68. The minimum absolute atomic E-state index is 0.363. The molecule has 18 heavy (non-hydrogen) atoms. The number of alkyl halides is 1. The smallest absolute Gasteiger partial charge is 0.119 e. The van der Waals surface area contributed by atoms with Crippen molar-refractivity contribution in [1.82, 2.24) is 0 Å². The van der Waals surface area contributed by atoms with Crippen LogP contribution in [0.3, 0.4) is 0 Å². The summed E-state index contributed by atoms with van der Waals surface area (Å²) in [7, 11) is 0. The van der Waals surface area contributed by atoms with Crippen molar-refractivity contribution in [2.75, 3.05) is 11.9 Å². The minimum Gasteiger partial charge on any atom is -0.493 e. The van der Waals surface area contributed by atoms with Crippen molar-refractivity contribution in [3.05, 3.63) is 29.8 Å². The Labute approximate surface area is 119 Å². The maximum Gasteiger partial charge on any atom is 0.119 e. The van der Waals surface area contributed by atoms with E-state index in [9.17, 15) is 0 Å². The molecule has 0 heterocycles. The van der Waals surface area contributed by atoms with Crippen LogP contribution in [-0.2, 0) is 6.42 Å². The van der Waals surface area contributed by atoms with Gasteiger partial charge in [-0.15, -0.1) is 0 Å². The van der Waals surface area contributed by atoms with Crippen LogP contribution >= 0.6 is 15.9 Å². The largest absolute Gasteiger partial charge is 0.493 e. The maximum absolute atomic E-state index is 6.01. The lowest BCUT2D eigenvalue weighted by atomic mass is 9.76. The van der Waals surface area contributed by atoms with Gasteiger partial charge in [0, 0.05) is 10.7 Å². The highest BCUT2D eigenvalue weighted by Crippen LogP contribution is 2.38. The van der Waals surface area contributed by atoms with Gasteiger partial charge in [-0.25, -0.2) is 0 Å². The molecule has 0 spiro atoms. The lowest BCUT2D eigenvalue weighted by Crippen LogP contribution is -2.32. The van der Waals surface area contributed by atoms with Crippen LogP contribution in [0.2, 0.25) is 0 Å². The van der Waals surface area contributed by atoms with Crippen molar-refractivity contribution < 1.29 is 4.74 Å². The van der Waals surface area contributed by atoms with Gasteiger partial charge in [-0.3, -0.25) is 0 Å². The van der Waals surface area contributed by atoms with E-state index in [4.69, 9.17) is 4.74 Å². The zero-order chi connectivity index (χ0) is 12.8. The summed E-state index contributed by atoms with van der Waals surface area (Å²) in [5.41, 5.74) is 1.73. The average molecular weight is 311 g/mol. The van der Waals surface area contributed by atoms with Gasteiger partial charge in [0.1, 0.15) is 5.75 Å². The second-order valence-corrected chi connectivity index (χ2v) is 6.04. The molecular weight excluding hydrogens is 288 g/mol. The lowest BCUT2D eigenvalue weighted by Gasteiger charge is -2.35. The van der Waals surface area contributed by atoms with E-state index in [1.165, 1.54) is 37.7 Å². The molecule has 1 saturated carbocycles. The Morgan fingerprint density at radius 3 is 2.33 bits per heavy atom. The zero-order valence-corrected chi connectivity index (χ0v) is 12.8. The summed E-state index contributed by atoms with van der Waals surface area (Å²) in [4.78, 5) is 0. The fourth-order valence-corrected chi connectivity index (χ4v) is 3.40. The van der Waals surface area contributed by atoms with Gasteiger partial charge in [-0.05, 0) is 37.0 Å². The van der Waals surface area contributed by atoms with Crippen molar-refractivity contribution in [3.63, 3.8) is 0 Å². The number of hydrogen-bond acceptors (Lipinski definition) is 1. The topological polar surface area (TPSA) is 9.23 Å². The third kappa shape index (κ3) is 3.50. The van der Waals surface area contributed by atoms with E-state index in [0.29, 0.717) is 5.41 Å². The Bertz CT molecular complexity index is 352. The molecule has 1 aliphatic carbocycles. The summed E-state index contributed by atoms with van der Waals surface area (Å²) in [6.07, 6.45) is 7.77. The second-order valence-electron chi connectivity index (χ2n) is 5.48. The van der Waals surface area contributed by atoms with E-state index >= 15 is 0 Å². The van der Waals surface area contributed by atoms with Crippen molar-refractivity contribution in [1.29, 1.82) is 0 Å². The average Bonchev–Trinajstić information content (AvgIpc) is 2.47. The number of benzene rings is 1. The molecule has 0 bridgehead atoms. The molecular formula is C16H23BrO. The predicted molar refractivity (Wildman–Crippen MR) is 80.6 cm³/mol. The molecule has 0 atom stereocenters. The number of hydrogen-bond donors (Lipinski definition) is 0. The van der Waals surface area contributed by atoms with Crippen molar-refractivity contribution >= 4 is 15.9 Å². The van der Waals surface area contributed by atoms with E-state index in [1.807, 2.05) is 0 Å². The van der Waals surface area contributed by atoms with Gasteiger partial charge < -0.3 is 4.74 Å². The molecule has 1 aliphatic rings. The summed E-state index contributed by atoms with van der Waals surface area (Å²) in [5, 5.41) is 1.06. The Balaban J connectivity index is 1.92. The Hall–Kier alpha value is -0.500. The molecule has 0 N–H and O–H groups in total. The highest BCUT2D eigenvalue weighted by atomic mass is 79.9. The van der Waals surface area contributed by atoms with Gasteiger partial charge in [0.25, 0.3) is 0 Å². The van der Waals surface area contributed by atoms with Gasteiger partial charge in [-0.1, -0.05) is 54.2 Å². The van der Waals surface area contributed by atoms with Crippen molar-refractivity contribution in [2.45, 2.75) is 45.4 Å². The van der Waals surface area contributed by atoms with Crippen molar-refractivity contribution in [2.24, 2.45) is 5.41 Å². The van der Waals surface area contributed by atoms with Crippen molar-refractivity contribution in [3.8, 4) is 5.75 Å². The summed E-state index contributed by atoms with van der Waals surface area (Å²) in [6, 6.07) is 8.53. The highest BCUT2D eigenvalue weighted by Gasteiger charge is 2.31. The Kier molecular flexibility index (Phi) is 5.11. The normalized spacial score (nSPS) is 18.6. The van der Waals surface area contributed by atoms with Crippen LogP contribution in [0.4, 0.5) is 0 Å². The summed E-state index contributed by atoms with van der Waals surface area (Å²) in [5.74, 6) is 1.01. The fraction of sp³-hybridized carbons (Fsp3) is 0.625. The Morgan fingerprint density at radius 1 is 1.11 bits per heavy atom. The summed E-state index contributed by atoms with van der Waals surface area (Å²) >= 11 is 3.68. The van der Waals surface area contributed by atoms with Gasteiger partial charge in [-0.2, -0.15) is 0 Å². The van der Waals surface area contributed by atoms with Crippen LogP contribution in [-0.4, -0.2) is 11.9 Å². The first kappa shape index (κ1) is 13.9. The highest BCUT2D eigenvalue weighted by molar-refractivity contribution is 9.09. The lowest BCUT2D eigenvalue weighted by molar-refractivity contribution is 0.122. The van der Waals surface area contributed by atoms with Gasteiger partial charge in [0.15, 0.2) is 0 Å². The molecule has 0 saturated heterocycles. The first-order chi connectivity index (χ1) is 8.78. The SMILES string of the molecule is CCc1ccc(OCC2(CBr)CCCCC2)cc1. The first-order valence-corrected chi connectivity index (χ1v) is 8.18. The summed E-state index contributed by atoms with van der Waals surface area (Å²) in [6.45, 7) is 3.03. The molecule has 1 fully saturated rings. The van der Waals surface area contributed by atoms with Crippen LogP contribution in [0, 0.1) is 5.41 Å². The third-order valence-corrected chi connectivity index (χ3v) is 5.26. The molecule has 0 unspecified atom stereocenters. The van der Waals surface area contributed by atoms with Crippen LogP contribution in [0.1, 0.15) is 44.6 Å². The van der Waals surface area contributed by atoms with Crippen LogP contribution in [0.5, 0.6) is 5.75 Å². The molecule has 1 nitrogen and oxygen atoms in total. The number of ether oxygens (including phenoxy) is 1. The van der Waals surface area contributed by atoms with E-state index < -0.39 is 0 Å². The van der Waals surface area contributed by atoms with Gasteiger partial charge in [0.2, 0.25) is 0 Å². The molecule has 2 rings (SSSR count). The molecule has 1 aromatic carbocycles. The van der Waals surface area contributed by atoms with Gasteiger partial charge >= 0.3 is 0 Å². The predicted octanol–water partition coefficient (Wildman–Crippen LogP) is 4.97. The van der Waals surface area contributed by atoms with E-state index in [2.05, 4.69) is 47.1 Å². The maximum atomic E-state index is 6.01. The Morgan fingerprint density at radius 2 is 1.78 bits per heavy atom. The van der Waals surface area contributed by atoms with E-state index in [1.54, 1.807) is 0 Å². The third-order valence-electron chi connectivity index (χ3n) is 4.07. The van der Waals surface area contributed by atoms with E-state index in [-0.39, 0.29) is 0 Å². The number of halogens is 1. The number of rotatable bonds is 5. The van der Waals surface area contributed by atoms with Crippen LogP contribution in [0.15, 0.2) is 24.3 Å². The molecule has 0 aromatic heterocycles. The monoisotopic (exact) mass is 310 g/mol. The van der Waals surface area contributed by atoms with Crippen LogP contribution in [0.25, 0.3) is 0 Å². The van der Waals surface area contributed by atoms with Gasteiger partial charge in [0.05, 0.1) is 6.61 Å². The van der Waals surface area contributed by atoms with Crippen LogP contribution < -0.4 is 4.74 Å².